The van der Waals surface area contributed by atoms with Crippen molar-refractivity contribution in [2.75, 3.05) is 11.4 Å². The third-order valence-electron chi connectivity index (χ3n) is 5.60. The molecule has 0 aliphatic rings. The Morgan fingerprint density at radius 1 is 0.800 bits per heavy atom. The summed E-state index contributed by atoms with van der Waals surface area (Å²) < 4.78 is 5.79. The van der Waals surface area contributed by atoms with Gasteiger partial charge in [-0.2, -0.15) is 0 Å². The molecule has 0 bridgehead atoms. The van der Waals surface area contributed by atoms with Crippen LogP contribution in [0.25, 0.3) is 22.7 Å². The lowest BCUT2D eigenvalue weighted by molar-refractivity contribution is -0.118. The predicted molar refractivity (Wildman–Crippen MR) is 138 cm³/mol. The van der Waals surface area contributed by atoms with Gasteiger partial charge in [0.2, 0.25) is 17.7 Å². The SMILES string of the molecule is O=C(CCc1nnc(-c2ccccc2)o1)N(CCc1ccccc1)c1nc(-c2ccccc2)cs1. The van der Waals surface area contributed by atoms with Crippen molar-refractivity contribution in [1.82, 2.24) is 15.2 Å². The number of amides is 1. The normalized spacial score (nSPS) is 10.9. The lowest BCUT2D eigenvalue weighted by atomic mass is 10.1. The van der Waals surface area contributed by atoms with Crippen LogP contribution in [0.3, 0.4) is 0 Å². The molecule has 0 fully saturated rings. The fourth-order valence-corrected chi connectivity index (χ4v) is 4.62. The molecule has 6 nitrogen and oxygen atoms in total. The molecule has 0 spiro atoms. The second-order valence-corrected chi connectivity index (χ2v) is 8.87. The van der Waals surface area contributed by atoms with E-state index in [9.17, 15) is 4.79 Å². The summed E-state index contributed by atoms with van der Waals surface area (Å²) in [5, 5.41) is 11.0. The van der Waals surface area contributed by atoms with E-state index in [0.29, 0.717) is 29.9 Å². The highest BCUT2D eigenvalue weighted by molar-refractivity contribution is 7.14. The molecule has 0 radical (unpaired) electrons. The largest absolute Gasteiger partial charge is 0.421 e. The molecule has 2 aromatic heterocycles. The van der Waals surface area contributed by atoms with E-state index in [1.54, 1.807) is 4.90 Å². The first kappa shape index (κ1) is 22.7. The van der Waals surface area contributed by atoms with E-state index in [0.717, 1.165) is 23.2 Å². The van der Waals surface area contributed by atoms with Gasteiger partial charge in [0.05, 0.1) is 5.69 Å². The highest BCUT2D eigenvalue weighted by Gasteiger charge is 2.21. The Balaban J connectivity index is 1.31. The average molecular weight is 481 g/mol. The first-order valence-corrected chi connectivity index (χ1v) is 12.4. The van der Waals surface area contributed by atoms with Crippen LogP contribution < -0.4 is 4.90 Å². The standard InChI is InChI=1S/C28H24N4O2S/c33-26(17-16-25-30-31-27(34-25)23-14-8-3-9-15-23)32(19-18-21-10-4-1-5-11-21)28-29-24(20-35-28)22-12-6-2-7-13-22/h1-15,20H,16-19H2. The third kappa shape index (κ3) is 5.70. The lowest BCUT2D eigenvalue weighted by Gasteiger charge is -2.20. The van der Waals surface area contributed by atoms with Crippen LogP contribution in [0.2, 0.25) is 0 Å². The van der Waals surface area contributed by atoms with E-state index in [2.05, 4.69) is 22.3 Å². The van der Waals surface area contributed by atoms with Crippen molar-refractivity contribution < 1.29 is 9.21 Å². The molecule has 0 saturated carbocycles. The van der Waals surface area contributed by atoms with Crippen LogP contribution in [-0.2, 0) is 17.6 Å². The molecule has 5 aromatic rings. The Labute approximate surface area is 207 Å². The van der Waals surface area contributed by atoms with Gasteiger partial charge < -0.3 is 4.42 Å². The van der Waals surface area contributed by atoms with Crippen LogP contribution in [0.15, 0.2) is 101 Å². The highest BCUT2D eigenvalue weighted by atomic mass is 32.1. The Bertz CT molecular complexity index is 1370. The zero-order chi connectivity index (χ0) is 23.9. The van der Waals surface area contributed by atoms with Gasteiger partial charge in [-0.15, -0.1) is 21.5 Å². The molecule has 0 aliphatic heterocycles. The van der Waals surface area contributed by atoms with Gasteiger partial charge in [-0.05, 0) is 24.1 Å². The van der Waals surface area contributed by atoms with E-state index in [1.165, 1.54) is 16.9 Å². The summed E-state index contributed by atoms with van der Waals surface area (Å²) in [6, 6.07) is 29.8. The van der Waals surface area contributed by atoms with Crippen molar-refractivity contribution in [3.05, 3.63) is 108 Å². The smallest absolute Gasteiger partial charge is 0.247 e. The molecule has 0 N–H and O–H groups in total. The number of aryl methyl sites for hydroxylation is 1. The quantitative estimate of drug-likeness (QED) is 0.256. The second-order valence-electron chi connectivity index (χ2n) is 8.03. The number of thiazole rings is 1. The molecule has 2 heterocycles. The Morgan fingerprint density at radius 2 is 1.46 bits per heavy atom. The summed E-state index contributed by atoms with van der Waals surface area (Å²) in [7, 11) is 0. The minimum atomic E-state index is -0.0191. The molecule has 174 valence electrons. The number of benzene rings is 3. The number of rotatable bonds is 9. The fourth-order valence-electron chi connectivity index (χ4n) is 3.74. The van der Waals surface area contributed by atoms with Crippen molar-refractivity contribution in [2.24, 2.45) is 0 Å². The van der Waals surface area contributed by atoms with Gasteiger partial charge in [0.15, 0.2) is 5.13 Å². The third-order valence-corrected chi connectivity index (χ3v) is 6.46. The average Bonchev–Trinajstić information content (AvgIpc) is 3.60. The van der Waals surface area contributed by atoms with Crippen molar-refractivity contribution in [2.45, 2.75) is 19.3 Å². The zero-order valence-corrected chi connectivity index (χ0v) is 19.9. The number of hydrogen-bond donors (Lipinski definition) is 0. The Morgan fingerprint density at radius 3 is 2.17 bits per heavy atom. The molecule has 1 amide bonds. The summed E-state index contributed by atoms with van der Waals surface area (Å²) >= 11 is 1.48. The molecule has 0 atom stereocenters. The maximum Gasteiger partial charge on any atom is 0.247 e. The summed E-state index contributed by atoms with van der Waals surface area (Å²) in [6.07, 6.45) is 1.37. The topological polar surface area (TPSA) is 72.1 Å². The van der Waals surface area contributed by atoms with Gasteiger partial charge in [-0.25, -0.2) is 4.98 Å². The van der Waals surface area contributed by atoms with E-state index in [4.69, 9.17) is 9.40 Å². The van der Waals surface area contributed by atoms with Crippen LogP contribution in [0.4, 0.5) is 5.13 Å². The minimum absolute atomic E-state index is 0.0191. The van der Waals surface area contributed by atoms with E-state index < -0.39 is 0 Å². The molecule has 7 heteroatoms. The summed E-state index contributed by atoms with van der Waals surface area (Å²) in [5.41, 5.74) is 3.94. The van der Waals surface area contributed by atoms with Crippen LogP contribution in [0.1, 0.15) is 17.9 Å². The molecule has 5 rings (SSSR count). The number of anilines is 1. The number of carbonyl (C=O) groups is 1. The molecule has 0 saturated heterocycles. The monoisotopic (exact) mass is 480 g/mol. The maximum atomic E-state index is 13.4. The van der Waals surface area contributed by atoms with Gasteiger partial charge in [-0.1, -0.05) is 78.9 Å². The molecular formula is C28H24N4O2S. The highest BCUT2D eigenvalue weighted by Crippen LogP contribution is 2.28. The van der Waals surface area contributed by atoms with Crippen LogP contribution >= 0.6 is 11.3 Å². The number of hydrogen-bond acceptors (Lipinski definition) is 6. The minimum Gasteiger partial charge on any atom is -0.421 e. The zero-order valence-electron chi connectivity index (χ0n) is 19.1. The van der Waals surface area contributed by atoms with Crippen molar-refractivity contribution >= 4 is 22.4 Å². The predicted octanol–water partition coefficient (Wildman–Crippen LogP) is 6.07. The second kappa shape index (κ2) is 10.9. The van der Waals surface area contributed by atoms with Crippen LogP contribution in [0.5, 0.6) is 0 Å². The number of nitrogens with zero attached hydrogens (tertiary/aromatic N) is 4. The van der Waals surface area contributed by atoms with Gasteiger partial charge in [0, 0.05) is 35.9 Å². The first-order chi connectivity index (χ1) is 17.3. The van der Waals surface area contributed by atoms with Crippen molar-refractivity contribution in [1.29, 1.82) is 0 Å². The van der Waals surface area contributed by atoms with E-state index in [1.807, 2.05) is 84.2 Å². The number of aromatic nitrogens is 3. The lowest BCUT2D eigenvalue weighted by Crippen LogP contribution is -2.33. The Kier molecular flexibility index (Phi) is 7.05. The van der Waals surface area contributed by atoms with Crippen LogP contribution in [-0.4, -0.2) is 27.6 Å². The van der Waals surface area contributed by atoms with E-state index in [-0.39, 0.29) is 12.3 Å². The maximum absolute atomic E-state index is 13.4. The number of carbonyl (C=O) groups excluding carboxylic acids is 1. The molecule has 0 unspecified atom stereocenters. The fraction of sp³-hybridized carbons (Fsp3) is 0.143. The molecular weight excluding hydrogens is 456 g/mol. The molecule has 3 aromatic carbocycles. The van der Waals surface area contributed by atoms with Crippen molar-refractivity contribution in [3.8, 4) is 22.7 Å². The summed E-state index contributed by atoms with van der Waals surface area (Å²) in [6.45, 7) is 0.545. The van der Waals surface area contributed by atoms with Gasteiger partial charge in [0.25, 0.3) is 0 Å². The van der Waals surface area contributed by atoms with E-state index >= 15 is 0 Å². The van der Waals surface area contributed by atoms with Crippen molar-refractivity contribution in [3.63, 3.8) is 0 Å². The molecule has 0 aliphatic carbocycles. The Hall–Kier alpha value is -4.10. The molecule has 35 heavy (non-hydrogen) atoms. The summed E-state index contributed by atoms with van der Waals surface area (Å²) in [4.78, 5) is 19.9. The summed E-state index contributed by atoms with van der Waals surface area (Å²) in [5.74, 6) is 0.889. The first-order valence-electron chi connectivity index (χ1n) is 11.5. The van der Waals surface area contributed by atoms with Gasteiger partial charge in [-0.3, -0.25) is 9.69 Å². The van der Waals surface area contributed by atoms with Crippen LogP contribution in [0, 0.1) is 0 Å². The van der Waals surface area contributed by atoms with Gasteiger partial charge in [0.1, 0.15) is 0 Å². The van der Waals surface area contributed by atoms with Gasteiger partial charge >= 0.3 is 0 Å².